The normalized spacial score (nSPS) is 19.9. The second-order valence-electron chi connectivity index (χ2n) is 6.62. The van der Waals surface area contributed by atoms with Crippen LogP contribution in [0, 0.1) is 6.92 Å². The van der Waals surface area contributed by atoms with Gasteiger partial charge in [-0.3, -0.25) is 0 Å². The first kappa shape index (κ1) is 18.4. The number of aromatic nitrogens is 4. The predicted octanol–water partition coefficient (Wildman–Crippen LogP) is 5.29. The standard InChI is InChI=1S/C19H19Br2N5O/c1-12-10-26(11-23-12)17-7-4-14(8-16(17)21)18-24-25-19(27-18)22-9-13-2-5-15(20)6-3-13/h2,4-5,7,10-11,14H,3,6,8-9H2,1H3,(H,22,25). The lowest BCUT2D eigenvalue weighted by Crippen LogP contribution is -2.06. The van der Waals surface area contributed by atoms with Gasteiger partial charge in [-0.25, -0.2) is 4.98 Å². The Morgan fingerprint density at radius 1 is 1.26 bits per heavy atom. The van der Waals surface area contributed by atoms with Crippen molar-refractivity contribution >= 4 is 43.6 Å². The Bertz CT molecular complexity index is 966. The van der Waals surface area contributed by atoms with Crippen LogP contribution >= 0.6 is 31.9 Å². The molecule has 6 nitrogen and oxygen atoms in total. The van der Waals surface area contributed by atoms with E-state index in [-0.39, 0.29) is 5.92 Å². The second-order valence-corrected chi connectivity index (χ2v) is 8.60. The molecule has 2 aliphatic carbocycles. The number of hydrogen-bond donors (Lipinski definition) is 1. The lowest BCUT2D eigenvalue weighted by Gasteiger charge is -2.17. The van der Waals surface area contributed by atoms with E-state index in [0.29, 0.717) is 18.5 Å². The summed E-state index contributed by atoms with van der Waals surface area (Å²) in [4.78, 5) is 4.28. The number of nitrogens with one attached hydrogen (secondary N) is 1. The van der Waals surface area contributed by atoms with Gasteiger partial charge in [-0.15, -0.1) is 5.10 Å². The minimum absolute atomic E-state index is 0.0589. The van der Waals surface area contributed by atoms with Crippen molar-refractivity contribution in [1.29, 1.82) is 0 Å². The Balaban J connectivity index is 1.39. The number of hydrogen-bond acceptors (Lipinski definition) is 5. The number of anilines is 1. The van der Waals surface area contributed by atoms with Crippen LogP contribution in [0.4, 0.5) is 6.01 Å². The lowest BCUT2D eigenvalue weighted by molar-refractivity contribution is 0.483. The zero-order valence-electron chi connectivity index (χ0n) is 14.8. The van der Waals surface area contributed by atoms with E-state index in [1.807, 2.05) is 24.0 Å². The fraction of sp³-hybridized carbons (Fsp3) is 0.316. The minimum atomic E-state index is 0.0589. The fourth-order valence-corrected chi connectivity index (χ4v) is 4.08. The van der Waals surface area contributed by atoms with Gasteiger partial charge in [-0.05, 0) is 36.7 Å². The average molecular weight is 493 g/mol. The Morgan fingerprint density at radius 3 is 2.85 bits per heavy atom. The minimum Gasteiger partial charge on any atom is -0.407 e. The van der Waals surface area contributed by atoms with Gasteiger partial charge >= 0.3 is 6.01 Å². The molecule has 2 heterocycles. The van der Waals surface area contributed by atoms with Crippen LogP contribution in [0.2, 0.25) is 0 Å². The second kappa shape index (κ2) is 7.98. The summed E-state index contributed by atoms with van der Waals surface area (Å²) >= 11 is 7.21. The summed E-state index contributed by atoms with van der Waals surface area (Å²) in [6.45, 7) is 2.69. The molecule has 4 rings (SSSR count). The monoisotopic (exact) mass is 491 g/mol. The predicted molar refractivity (Wildman–Crippen MR) is 113 cm³/mol. The molecule has 2 aliphatic rings. The Morgan fingerprint density at radius 2 is 2.15 bits per heavy atom. The fourth-order valence-electron chi connectivity index (χ4n) is 3.06. The molecule has 0 bridgehead atoms. The molecule has 0 radical (unpaired) electrons. The molecule has 2 aromatic rings. The van der Waals surface area contributed by atoms with E-state index in [1.165, 1.54) is 10.1 Å². The molecule has 1 N–H and O–H groups in total. The van der Waals surface area contributed by atoms with E-state index in [9.17, 15) is 0 Å². The van der Waals surface area contributed by atoms with Crippen molar-refractivity contribution < 1.29 is 4.42 Å². The average Bonchev–Trinajstić information content (AvgIpc) is 3.30. The van der Waals surface area contributed by atoms with Crippen LogP contribution in [0.1, 0.15) is 36.8 Å². The Labute approximate surface area is 174 Å². The highest BCUT2D eigenvalue weighted by Gasteiger charge is 2.22. The van der Waals surface area contributed by atoms with Gasteiger partial charge in [-0.2, -0.15) is 0 Å². The van der Waals surface area contributed by atoms with Gasteiger partial charge in [0, 0.05) is 17.2 Å². The number of aryl methyl sites for hydroxylation is 1. The summed E-state index contributed by atoms with van der Waals surface area (Å²) in [6, 6.07) is 0.462. The highest BCUT2D eigenvalue weighted by Crippen LogP contribution is 2.36. The van der Waals surface area contributed by atoms with Gasteiger partial charge in [0.2, 0.25) is 5.89 Å². The molecular weight excluding hydrogens is 474 g/mol. The van der Waals surface area contributed by atoms with Crippen LogP contribution in [0.3, 0.4) is 0 Å². The number of imidazole rings is 1. The third kappa shape index (κ3) is 4.32. The molecule has 0 aromatic carbocycles. The van der Waals surface area contributed by atoms with Gasteiger partial charge in [0.25, 0.3) is 0 Å². The summed E-state index contributed by atoms with van der Waals surface area (Å²) in [7, 11) is 0. The van der Waals surface area contributed by atoms with Gasteiger partial charge in [-0.1, -0.05) is 60.8 Å². The molecule has 8 heteroatoms. The maximum atomic E-state index is 5.83. The van der Waals surface area contributed by atoms with Gasteiger partial charge in [0.15, 0.2) is 0 Å². The zero-order chi connectivity index (χ0) is 18.8. The molecule has 0 fully saturated rings. The molecule has 1 unspecified atom stereocenters. The topological polar surface area (TPSA) is 68.8 Å². The van der Waals surface area contributed by atoms with Crippen LogP contribution in [0.5, 0.6) is 0 Å². The summed E-state index contributed by atoms with van der Waals surface area (Å²) in [6.07, 6.45) is 15.0. The summed E-state index contributed by atoms with van der Waals surface area (Å²) in [5.41, 5.74) is 3.39. The molecular formula is C19H19Br2N5O. The first-order valence-corrected chi connectivity index (χ1v) is 10.4. The largest absolute Gasteiger partial charge is 0.407 e. The smallest absolute Gasteiger partial charge is 0.315 e. The highest BCUT2D eigenvalue weighted by atomic mass is 79.9. The van der Waals surface area contributed by atoms with Crippen molar-refractivity contribution in [1.82, 2.24) is 19.7 Å². The third-order valence-corrected chi connectivity index (χ3v) is 5.95. The summed E-state index contributed by atoms with van der Waals surface area (Å²) in [5.74, 6) is 0.676. The molecule has 0 amide bonds. The third-order valence-electron chi connectivity index (χ3n) is 4.56. The molecule has 27 heavy (non-hydrogen) atoms. The van der Waals surface area contributed by atoms with Crippen molar-refractivity contribution in [2.75, 3.05) is 11.9 Å². The lowest BCUT2D eigenvalue weighted by atomic mass is 9.99. The van der Waals surface area contributed by atoms with E-state index in [0.717, 1.165) is 35.1 Å². The molecule has 2 aromatic heterocycles. The quantitative estimate of drug-likeness (QED) is 0.613. The number of allylic oxidation sites excluding steroid dienone is 7. The highest BCUT2D eigenvalue weighted by molar-refractivity contribution is 9.12. The van der Waals surface area contributed by atoms with Crippen LogP contribution in [-0.2, 0) is 0 Å². The van der Waals surface area contributed by atoms with E-state index in [1.54, 1.807) is 0 Å². The van der Waals surface area contributed by atoms with Crippen LogP contribution in [0.25, 0.3) is 5.70 Å². The Hall–Kier alpha value is -1.93. The number of nitrogens with zero attached hydrogens (tertiary/aromatic N) is 4. The maximum Gasteiger partial charge on any atom is 0.315 e. The molecule has 0 spiro atoms. The molecule has 0 saturated carbocycles. The van der Waals surface area contributed by atoms with E-state index < -0.39 is 0 Å². The van der Waals surface area contributed by atoms with Crippen molar-refractivity contribution in [3.63, 3.8) is 0 Å². The van der Waals surface area contributed by atoms with Gasteiger partial charge < -0.3 is 14.3 Å². The maximum absolute atomic E-state index is 5.83. The Kier molecular flexibility index (Phi) is 5.45. The van der Waals surface area contributed by atoms with Gasteiger partial charge in [0.05, 0.1) is 23.6 Å². The summed E-state index contributed by atoms with van der Waals surface area (Å²) in [5, 5.41) is 11.6. The van der Waals surface area contributed by atoms with Crippen molar-refractivity contribution in [3.05, 3.63) is 63.0 Å². The van der Waals surface area contributed by atoms with Crippen LogP contribution < -0.4 is 5.32 Å². The van der Waals surface area contributed by atoms with E-state index in [4.69, 9.17) is 4.42 Å². The SMILES string of the molecule is Cc1cn(C2=C(Br)CC(c3nnc(NCC4=CC=C(Br)CC4)o3)C=C2)cn1. The van der Waals surface area contributed by atoms with E-state index >= 15 is 0 Å². The summed E-state index contributed by atoms with van der Waals surface area (Å²) < 4.78 is 10.2. The molecule has 0 aliphatic heterocycles. The van der Waals surface area contributed by atoms with Crippen LogP contribution in [0.15, 0.2) is 55.8 Å². The van der Waals surface area contributed by atoms with Crippen molar-refractivity contribution in [2.24, 2.45) is 0 Å². The van der Waals surface area contributed by atoms with Crippen molar-refractivity contribution in [3.8, 4) is 0 Å². The molecule has 140 valence electrons. The number of halogens is 2. The first-order valence-electron chi connectivity index (χ1n) is 8.77. The number of rotatable bonds is 5. The molecule has 0 saturated heterocycles. The zero-order valence-corrected chi connectivity index (χ0v) is 18.0. The van der Waals surface area contributed by atoms with E-state index in [2.05, 4.69) is 76.7 Å². The van der Waals surface area contributed by atoms with Crippen molar-refractivity contribution in [2.45, 2.75) is 32.1 Å². The first-order chi connectivity index (χ1) is 13.1. The van der Waals surface area contributed by atoms with Crippen LogP contribution in [-0.4, -0.2) is 26.3 Å². The van der Waals surface area contributed by atoms with Gasteiger partial charge in [0.1, 0.15) is 0 Å². The molecule has 1 atom stereocenters.